The van der Waals surface area contributed by atoms with Gasteiger partial charge < -0.3 is 15.1 Å². The number of aromatic nitrogens is 2. The summed E-state index contributed by atoms with van der Waals surface area (Å²) in [7, 11) is -1.59. The van der Waals surface area contributed by atoms with Gasteiger partial charge in [-0.05, 0) is 0 Å². The molecule has 15 heavy (non-hydrogen) atoms. The van der Waals surface area contributed by atoms with Crippen molar-refractivity contribution in [2.45, 2.75) is 32.1 Å². The third kappa shape index (κ3) is 4.26. The smallest absolute Gasteiger partial charge is 0.320 e. The zero-order chi connectivity index (χ0) is 11.5. The van der Waals surface area contributed by atoms with E-state index in [0.717, 1.165) is 5.69 Å². The highest BCUT2D eigenvalue weighted by atomic mass is 28.3. The Morgan fingerprint density at radius 3 is 2.73 bits per heavy atom. The van der Waals surface area contributed by atoms with Gasteiger partial charge in [-0.15, -0.1) is 0 Å². The number of carboxylic acid groups (broad SMARTS) is 1. The molecule has 0 saturated carbocycles. The van der Waals surface area contributed by atoms with Crippen molar-refractivity contribution in [1.82, 2.24) is 15.0 Å². The minimum absolute atomic E-state index is 0.420. The third-order valence-electron chi connectivity index (χ3n) is 1.87. The molecule has 0 aliphatic carbocycles. The van der Waals surface area contributed by atoms with Crippen molar-refractivity contribution >= 4 is 14.2 Å². The first-order valence-corrected chi connectivity index (χ1v) is 8.36. The number of nitrogens with zero attached hydrogens (tertiary/aromatic N) is 1. The maximum absolute atomic E-state index is 11.0. The fourth-order valence-electron chi connectivity index (χ4n) is 1.33. The van der Waals surface area contributed by atoms with Crippen LogP contribution >= 0.6 is 0 Å². The number of rotatable bonds is 5. The summed E-state index contributed by atoms with van der Waals surface area (Å²) >= 11 is 0. The number of carbonyl (C=O) groups is 1. The first kappa shape index (κ1) is 11.9. The van der Waals surface area contributed by atoms with Crippen LogP contribution in [0.25, 0.3) is 0 Å². The van der Waals surface area contributed by atoms with Crippen LogP contribution in [0.1, 0.15) is 5.69 Å². The molecular weight excluding hydrogens is 210 g/mol. The Labute approximate surface area is 90.0 Å². The van der Waals surface area contributed by atoms with Crippen LogP contribution < -0.4 is 4.98 Å². The van der Waals surface area contributed by atoms with Gasteiger partial charge in [0.25, 0.3) is 0 Å². The van der Waals surface area contributed by atoms with Crippen molar-refractivity contribution in [3.63, 3.8) is 0 Å². The van der Waals surface area contributed by atoms with E-state index < -0.39 is 20.2 Å². The molecule has 1 unspecified atom stereocenters. The van der Waals surface area contributed by atoms with Crippen LogP contribution in [0.2, 0.25) is 19.6 Å². The van der Waals surface area contributed by atoms with E-state index >= 15 is 0 Å². The number of hydrogen-bond acceptors (Lipinski definition) is 3. The molecule has 0 saturated heterocycles. The summed E-state index contributed by atoms with van der Waals surface area (Å²) in [4.78, 5) is 21.0. The zero-order valence-electron chi connectivity index (χ0n) is 9.24. The van der Waals surface area contributed by atoms with Gasteiger partial charge in [-0.3, -0.25) is 4.79 Å². The van der Waals surface area contributed by atoms with Crippen molar-refractivity contribution < 1.29 is 9.90 Å². The fourth-order valence-corrected chi connectivity index (χ4v) is 2.61. The highest BCUT2D eigenvalue weighted by molar-refractivity contribution is 6.73. The predicted octanol–water partition coefficient (Wildman–Crippen LogP) is 0.830. The van der Waals surface area contributed by atoms with Crippen molar-refractivity contribution in [2.75, 3.05) is 0 Å². The topological polar surface area (TPSA) is 78.0 Å². The van der Waals surface area contributed by atoms with E-state index in [4.69, 9.17) is 5.11 Å². The number of nitrogens with one attached hydrogen (secondary N) is 2. The lowest BCUT2D eigenvalue weighted by Gasteiger charge is -2.23. The van der Waals surface area contributed by atoms with Crippen LogP contribution in [-0.4, -0.2) is 35.3 Å². The van der Waals surface area contributed by atoms with Crippen LogP contribution in [-0.2, 0) is 11.2 Å². The van der Waals surface area contributed by atoms with Gasteiger partial charge in [0.2, 0.25) is 0 Å². The molecule has 5 nitrogen and oxygen atoms in total. The molecule has 1 atom stereocenters. The van der Waals surface area contributed by atoms with Gasteiger partial charge in [0.15, 0.2) is 0 Å². The third-order valence-corrected chi connectivity index (χ3v) is 3.09. The summed E-state index contributed by atoms with van der Waals surface area (Å²) in [6.45, 7) is 6.23. The molecule has 0 aliphatic rings. The number of imidazole rings is 1. The monoisotopic (exact) mass is 227 g/mol. The van der Waals surface area contributed by atoms with Crippen LogP contribution in [0.5, 0.6) is 0 Å². The zero-order valence-corrected chi connectivity index (χ0v) is 10.2. The van der Waals surface area contributed by atoms with E-state index in [9.17, 15) is 4.79 Å². The first-order chi connectivity index (χ1) is 6.88. The van der Waals surface area contributed by atoms with Crippen LogP contribution in [0.3, 0.4) is 0 Å². The minimum atomic E-state index is -1.59. The van der Waals surface area contributed by atoms with Gasteiger partial charge in [-0.25, -0.2) is 4.98 Å². The Hall–Kier alpha value is -1.14. The highest BCUT2D eigenvalue weighted by Gasteiger charge is 2.25. The molecule has 0 radical (unpaired) electrons. The minimum Gasteiger partial charge on any atom is -0.480 e. The summed E-state index contributed by atoms with van der Waals surface area (Å²) in [6, 6.07) is -0.542. The normalized spacial score (nSPS) is 13.8. The number of hydrogen-bond donors (Lipinski definition) is 3. The van der Waals surface area contributed by atoms with Gasteiger partial charge in [0, 0.05) is 12.6 Å². The summed E-state index contributed by atoms with van der Waals surface area (Å²) in [5, 5.41) is 9.06. The van der Waals surface area contributed by atoms with Crippen molar-refractivity contribution in [2.24, 2.45) is 0 Å². The van der Waals surface area contributed by atoms with Crippen molar-refractivity contribution in [3.05, 3.63) is 18.2 Å². The van der Waals surface area contributed by atoms with Gasteiger partial charge in [-0.2, -0.15) is 0 Å². The molecule has 84 valence electrons. The Bertz CT molecular complexity index is 319. The first-order valence-electron chi connectivity index (χ1n) is 4.86. The predicted molar refractivity (Wildman–Crippen MR) is 60.2 cm³/mol. The summed E-state index contributed by atoms with van der Waals surface area (Å²) in [5.41, 5.74) is 0.771. The quantitative estimate of drug-likeness (QED) is 0.651. The molecule has 0 fully saturated rings. The molecule has 3 N–H and O–H groups in total. The van der Waals surface area contributed by atoms with Gasteiger partial charge >= 0.3 is 5.97 Å². The van der Waals surface area contributed by atoms with E-state index in [0.29, 0.717) is 6.42 Å². The molecule has 0 spiro atoms. The average Bonchev–Trinajstić information content (AvgIpc) is 2.52. The maximum atomic E-state index is 11.0. The van der Waals surface area contributed by atoms with Gasteiger partial charge in [-0.1, -0.05) is 19.6 Å². The van der Waals surface area contributed by atoms with E-state index in [-0.39, 0.29) is 0 Å². The lowest BCUT2D eigenvalue weighted by Crippen LogP contribution is -2.52. The molecule has 0 aromatic carbocycles. The molecule has 0 bridgehead atoms. The Balaban J connectivity index is 2.63. The Kier molecular flexibility index (Phi) is 3.65. The number of aliphatic carboxylic acids is 1. The van der Waals surface area contributed by atoms with Crippen molar-refractivity contribution in [1.29, 1.82) is 0 Å². The van der Waals surface area contributed by atoms with E-state index in [1.54, 1.807) is 12.5 Å². The molecule has 6 heteroatoms. The summed E-state index contributed by atoms with van der Waals surface area (Å²) in [6.07, 6.45) is 3.70. The van der Waals surface area contributed by atoms with Crippen molar-refractivity contribution in [3.8, 4) is 0 Å². The number of aromatic amines is 1. The molecule has 0 aliphatic heterocycles. The molecule has 1 aromatic heterocycles. The molecule has 1 heterocycles. The highest BCUT2D eigenvalue weighted by Crippen LogP contribution is 2.03. The lowest BCUT2D eigenvalue weighted by molar-refractivity contribution is -0.139. The maximum Gasteiger partial charge on any atom is 0.320 e. The van der Waals surface area contributed by atoms with Crippen LogP contribution in [0, 0.1) is 0 Å². The standard InChI is InChI=1S/C9H17N3O2Si/c1-15(2,3)12-8(9(13)14)4-7-5-10-6-11-7/h5-6,8,12H,4H2,1-3H3,(H,10,11)(H,13,14). The summed E-state index contributed by atoms with van der Waals surface area (Å²) in [5.74, 6) is -0.819. The average molecular weight is 227 g/mol. The molecular formula is C9H17N3O2Si. The van der Waals surface area contributed by atoms with E-state index in [2.05, 4.69) is 34.6 Å². The SMILES string of the molecule is C[Si](C)(C)NC(Cc1c[nH]cn1)C(=O)O. The van der Waals surface area contributed by atoms with E-state index in [1.165, 1.54) is 0 Å². The van der Waals surface area contributed by atoms with Gasteiger partial charge in [0.1, 0.15) is 14.3 Å². The second kappa shape index (κ2) is 4.58. The second-order valence-electron chi connectivity index (χ2n) is 4.55. The Morgan fingerprint density at radius 1 is 1.67 bits per heavy atom. The number of carboxylic acids is 1. The largest absolute Gasteiger partial charge is 0.480 e. The molecule has 1 rings (SSSR count). The van der Waals surface area contributed by atoms with Crippen LogP contribution in [0.4, 0.5) is 0 Å². The summed E-state index contributed by atoms with van der Waals surface area (Å²) < 4.78 is 0. The second-order valence-corrected chi connectivity index (χ2v) is 9.34. The van der Waals surface area contributed by atoms with E-state index in [1.807, 2.05) is 0 Å². The van der Waals surface area contributed by atoms with Gasteiger partial charge in [0.05, 0.1) is 12.0 Å². The number of H-pyrrole nitrogens is 1. The van der Waals surface area contributed by atoms with Crippen LogP contribution in [0.15, 0.2) is 12.5 Å². The molecule has 0 amide bonds. The lowest BCUT2D eigenvalue weighted by atomic mass is 10.2. The fraction of sp³-hybridized carbons (Fsp3) is 0.556. The Morgan fingerprint density at radius 2 is 2.33 bits per heavy atom. The molecule has 1 aromatic rings.